The summed E-state index contributed by atoms with van der Waals surface area (Å²) in [6, 6.07) is 19.0. The maximum absolute atomic E-state index is 12.9. The molecule has 0 fully saturated rings. The number of rotatable bonds is 4. The number of benzene rings is 3. The number of carbonyl (C=O) groups excluding carboxylic acids is 2. The molecule has 0 aliphatic rings. The zero-order chi connectivity index (χ0) is 18.7. The number of ketones is 1. The highest BCUT2D eigenvalue weighted by atomic mass is 79.9. The molecule has 26 heavy (non-hydrogen) atoms. The molecular formula is C20H12Br2ClNO2. The molecule has 3 nitrogen and oxygen atoms in total. The van der Waals surface area contributed by atoms with Gasteiger partial charge in [-0.15, -0.1) is 0 Å². The average Bonchev–Trinajstić information content (AvgIpc) is 2.63. The lowest BCUT2D eigenvalue weighted by molar-refractivity contribution is 0.102. The van der Waals surface area contributed by atoms with E-state index in [1.54, 1.807) is 60.7 Å². The van der Waals surface area contributed by atoms with Crippen LogP contribution in [0.15, 0.2) is 75.7 Å². The van der Waals surface area contributed by atoms with Crippen LogP contribution >= 0.6 is 43.5 Å². The molecule has 6 heteroatoms. The summed E-state index contributed by atoms with van der Waals surface area (Å²) < 4.78 is 1.53. The van der Waals surface area contributed by atoms with E-state index in [-0.39, 0.29) is 11.7 Å². The molecule has 0 saturated carbocycles. The summed E-state index contributed by atoms with van der Waals surface area (Å²) >= 11 is 12.9. The Morgan fingerprint density at radius 3 is 2.27 bits per heavy atom. The standard InChI is InChI=1S/C20H12Br2ClNO2/c21-13-5-3-4-12(10-13)20(26)24-18-9-8-14(22)11-16(18)19(25)15-6-1-2-7-17(15)23/h1-11H,(H,24,26). The van der Waals surface area contributed by atoms with Gasteiger partial charge in [-0.2, -0.15) is 0 Å². The van der Waals surface area contributed by atoms with Crippen molar-refractivity contribution in [1.82, 2.24) is 0 Å². The minimum atomic E-state index is -0.304. The number of hydrogen-bond acceptors (Lipinski definition) is 2. The van der Waals surface area contributed by atoms with Crippen LogP contribution in [0.1, 0.15) is 26.3 Å². The largest absolute Gasteiger partial charge is 0.321 e. The minimum Gasteiger partial charge on any atom is -0.321 e. The molecule has 3 rings (SSSR count). The van der Waals surface area contributed by atoms with Crippen molar-refractivity contribution in [3.05, 3.63) is 97.4 Å². The first-order chi connectivity index (χ1) is 12.5. The Labute approximate surface area is 172 Å². The predicted octanol–water partition coefficient (Wildman–Crippen LogP) is 6.35. The number of carbonyl (C=O) groups is 2. The normalized spacial score (nSPS) is 10.4. The Bertz CT molecular complexity index is 1000. The summed E-state index contributed by atoms with van der Waals surface area (Å²) in [4.78, 5) is 25.5. The number of halogens is 3. The van der Waals surface area contributed by atoms with Crippen LogP contribution in [0.25, 0.3) is 0 Å². The van der Waals surface area contributed by atoms with Crippen molar-refractivity contribution in [2.45, 2.75) is 0 Å². The first-order valence-corrected chi connectivity index (χ1v) is 9.58. The van der Waals surface area contributed by atoms with E-state index < -0.39 is 0 Å². The minimum absolute atomic E-state index is 0.263. The highest BCUT2D eigenvalue weighted by Gasteiger charge is 2.18. The Morgan fingerprint density at radius 1 is 0.808 bits per heavy atom. The van der Waals surface area contributed by atoms with E-state index in [1.165, 1.54) is 0 Å². The molecule has 0 aliphatic carbocycles. The van der Waals surface area contributed by atoms with Crippen molar-refractivity contribution in [3.8, 4) is 0 Å². The van der Waals surface area contributed by atoms with Crippen LogP contribution in [0.4, 0.5) is 5.69 Å². The number of nitrogens with one attached hydrogen (secondary N) is 1. The summed E-state index contributed by atoms with van der Waals surface area (Å²) in [5.41, 5.74) is 1.64. The van der Waals surface area contributed by atoms with E-state index in [9.17, 15) is 9.59 Å². The van der Waals surface area contributed by atoms with Gasteiger partial charge in [0.25, 0.3) is 5.91 Å². The molecule has 0 aromatic heterocycles. The van der Waals surface area contributed by atoms with Crippen LogP contribution in [-0.2, 0) is 0 Å². The lowest BCUT2D eigenvalue weighted by atomic mass is 10.0. The third kappa shape index (κ3) is 4.23. The van der Waals surface area contributed by atoms with E-state index in [1.807, 2.05) is 6.07 Å². The molecule has 0 saturated heterocycles. The van der Waals surface area contributed by atoms with Crippen molar-refractivity contribution in [2.24, 2.45) is 0 Å². The Balaban J connectivity index is 1.97. The SMILES string of the molecule is O=C(Nc1ccc(Br)cc1C(=O)c1ccccc1Cl)c1cccc(Br)c1. The van der Waals surface area contributed by atoms with Gasteiger partial charge in [0, 0.05) is 25.6 Å². The van der Waals surface area contributed by atoms with Crippen LogP contribution in [0.3, 0.4) is 0 Å². The van der Waals surface area contributed by atoms with E-state index in [4.69, 9.17) is 11.6 Å². The van der Waals surface area contributed by atoms with Gasteiger partial charge in [0.15, 0.2) is 5.78 Å². The molecule has 0 aliphatic heterocycles. The smallest absolute Gasteiger partial charge is 0.255 e. The van der Waals surface area contributed by atoms with E-state index in [2.05, 4.69) is 37.2 Å². The van der Waals surface area contributed by atoms with Gasteiger partial charge < -0.3 is 5.32 Å². The summed E-state index contributed by atoms with van der Waals surface area (Å²) in [6.07, 6.45) is 0. The molecular weight excluding hydrogens is 481 g/mol. The second-order valence-corrected chi connectivity index (χ2v) is 7.70. The summed E-state index contributed by atoms with van der Waals surface area (Å²) in [5.74, 6) is -0.566. The zero-order valence-corrected chi connectivity index (χ0v) is 17.2. The van der Waals surface area contributed by atoms with Gasteiger partial charge in [-0.1, -0.05) is 61.7 Å². The topological polar surface area (TPSA) is 46.2 Å². The fourth-order valence-electron chi connectivity index (χ4n) is 2.43. The summed E-state index contributed by atoms with van der Waals surface area (Å²) in [6.45, 7) is 0. The Hall–Kier alpha value is -1.95. The number of amides is 1. The van der Waals surface area contributed by atoms with E-state index in [0.717, 1.165) is 8.95 Å². The van der Waals surface area contributed by atoms with Gasteiger partial charge in [0.2, 0.25) is 0 Å². The van der Waals surface area contributed by atoms with Crippen molar-refractivity contribution < 1.29 is 9.59 Å². The predicted molar refractivity (Wildman–Crippen MR) is 111 cm³/mol. The maximum atomic E-state index is 12.9. The molecule has 0 bridgehead atoms. The second kappa shape index (κ2) is 8.16. The molecule has 3 aromatic rings. The molecule has 0 heterocycles. The highest BCUT2D eigenvalue weighted by molar-refractivity contribution is 9.10. The van der Waals surface area contributed by atoms with Crippen LogP contribution in [0, 0.1) is 0 Å². The summed E-state index contributed by atoms with van der Waals surface area (Å²) in [5, 5.41) is 3.17. The molecule has 0 radical (unpaired) electrons. The first kappa shape index (κ1) is 18.8. The van der Waals surface area contributed by atoms with E-state index in [0.29, 0.717) is 27.4 Å². The molecule has 0 spiro atoms. The Kier molecular flexibility index (Phi) is 5.91. The molecule has 0 atom stereocenters. The molecule has 130 valence electrons. The molecule has 0 unspecified atom stereocenters. The van der Waals surface area contributed by atoms with Crippen molar-refractivity contribution in [1.29, 1.82) is 0 Å². The lowest BCUT2D eigenvalue weighted by Crippen LogP contribution is -2.15. The highest BCUT2D eigenvalue weighted by Crippen LogP contribution is 2.27. The van der Waals surface area contributed by atoms with Crippen LogP contribution in [0.5, 0.6) is 0 Å². The van der Waals surface area contributed by atoms with Gasteiger partial charge >= 0.3 is 0 Å². The molecule has 1 N–H and O–H groups in total. The number of hydrogen-bond donors (Lipinski definition) is 1. The molecule has 3 aromatic carbocycles. The quantitative estimate of drug-likeness (QED) is 0.431. The fourth-order valence-corrected chi connectivity index (χ4v) is 3.41. The van der Waals surface area contributed by atoms with Crippen LogP contribution in [0.2, 0.25) is 5.02 Å². The molecule has 1 amide bonds. The third-order valence-electron chi connectivity index (χ3n) is 3.68. The Morgan fingerprint density at radius 2 is 1.54 bits per heavy atom. The van der Waals surface area contributed by atoms with Gasteiger partial charge in [0.05, 0.1) is 10.7 Å². The van der Waals surface area contributed by atoms with Crippen LogP contribution < -0.4 is 5.32 Å². The monoisotopic (exact) mass is 491 g/mol. The van der Waals surface area contributed by atoms with Crippen molar-refractivity contribution in [2.75, 3.05) is 5.32 Å². The van der Waals surface area contributed by atoms with E-state index >= 15 is 0 Å². The average molecular weight is 494 g/mol. The fraction of sp³-hybridized carbons (Fsp3) is 0. The van der Waals surface area contributed by atoms with Gasteiger partial charge in [0.1, 0.15) is 0 Å². The first-order valence-electron chi connectivity index (χ1n) is 7.61. The van der Waals surface area contributed by atoms with Gasteiger partial charge in [-0.25, -0.2) is 0 Å². The van der Waals surface area contributed by atoms with Crippen molar-refractivity contribution in [3.63, 3.8) is 0 Å². The number of anilines is 1. The summed E-state index contributed by atoms with van der Waals surface area (Å²) in [7, 11) is 0. The van der Waals surface area contributed by atoms with Gasteiger partial charge in [-0.3, -0.25) is 9.59 Å². The second-order valence-electron chi connectivity index (χ2n) is 5.46. The maximum Gasteiger partial charge on any atom is 0.255 e. The zero-order valence-electron chi connectivity index (χ0n) is 13.3. The van der Waals surface area contributed by atoms with Crippen LogP contribution in [-0.4, -0.2) is 11.7 Å². The van der Waals surface area contributed by atoms with Gasteiger partial charge in [-0.05, 0) is 48.5 Å². The third-order valence-corrected chi connectivity index (χ3v) is 5.00. The lowest BCUT2D eigenvalue weighted by Gasteiger charge is -2.12. The van der Waals surface area contributed by atoms with Crippen molar-refractivity contribution >= 4 is 60.8 Å².